The minimum atomic E-state index is -0.933. The van der Waals surface area contributed by atoms with Gasteiger partial charge in [0.25, 0.3) is 0 Å². The van der Waals surface area contributed by atoms with Crippen LogP contribution in [-0.4, -0.2) is 20.6 Å². The molecule has 0 unspecified atom stereocenters. The molecule has 0 atom stereocenters. The molecule has 0 fully saturated rings. The zero-order valence-corrected chi connectivity index (χ0v) is 12.1. The number of aromatic nitrogens is 2. The summed E-state index contributed by atoms with van der Waals surface area (Å²) < 4.78 is 2.90. The number of carboxylic acid groups (broad SMARTS) is 1. The Morgan fingerprint density at radius 2 is 2.26 bits per heavy atom. The maximum atomic E-state index is 11.3. The van der Waals surface area contributed by atoms with Gasteiger partial charge in [-0.25, -0.2) is 9.78 Å². The van der Waals surface area contributed by atoms with E-state index < -0.39 is 5.97 Å². The molecule has 2 heterocycles. The number of para-hydroxylation sites is 1. The lowest BCUT2D eigenvalue weighted by Gasteiger charge is -2.05. The van der Waals surface area contributed by atoms with Crippen LogP contribution in [0.4, 0.5) is 0 Å². The second kappa shape index (κ2) is 4.79. The predicted molar refractivity (Wildman–Crippen MR) is 77.8 cm³/mol. The van der Waals surface area contributed by atoms with Gasteiger partial charge in [-0.05, 0) is 39.5 Å². The zero-order chi connectivity index (χ0) is 13.4. The number of carboxylic acids is 1. The van der Waals surface area contributed by atoms with E-state index in [2.05, 4.69) is 20.9 Å². The van der Waals surface area contributed by atoms with Crippen LogP contribution in [-0.2, 0) is 6.54 Å². The Labute approximate surface area is 121 Å². The number of carbonyl (C=O) groups is 1. The minimum Gasteiger partial charge on any atom is -0.478 e. The number of rotatable bonds is 3. The summed E-state index contributed by atoms with van der Waals surface area (Å²) in [6.07, 6.45) is 1.68. The van der Waals surface area contributed by atoms with Crippen LogP contribution in [0.3, 0.4) is 0 Å². The van der Waals surface area contributed by atoms with Crippen LogP contribution >= 0.6 is 27.3 Å². The molecule has 3 rings (SSSR count). The normalized spacial score (nSPS) is 11.0. The van der Waals surface area contributed by atoms with E-state index in [1.54, 1.807) is 29.8 Å². The standard InChI is InChI=1S/C13H9BrN2O2S/c14-9-4-5-19-11(9)6-16-7-15-10-3-1-2-8(12(10)16)13(17)18/h1-5,7H,6H2,(H,17,18). The predicted octanol–water partition coefficient (Wildman–Crippen LogP) is 3.61. The van der Waals surface area contributed by atoms with Gasteiger partial charge >= 0.3 is 5.97 Å². The first-order valence-corrected chi connectivity index (χ1v) is 7.23. The van der Waals surface area contributed by atoms with Crippen molar-refractivity contribution >= 4 is 44.3 Å². The number of nitrogens with zero attached hydrogens (tertiary/aromatic N) is 2. The molecule has 4 nitrogen and oxygen atoms in total. The van der Waals surface area contributed by atoms with Gasteiger partial charge in [0.2, 0.25) is 0 Å². The molecule has 3 aromatic rings. The van der Waals surface area contributed by atoms with Crippen molar-refractivity contribution < 1.29 is 9.90 Å². The van der Waals surface area contributed by atoms with E-state index in [1.807, 2.05) is 22.1 Å². The highest BCUT2D eigenvalue weighted by molar-refractivity contribution is 9.10. The van der Waals surface area contributed by atoms with E-state index in [0.717, 1.165) is 9.35 Å². The Kier molecular flexibility index (Phi) is 3.12. The van der Waals surface area contributed by atoms with Crippen LogP contribution in [0.2, 0.25) is 0 Å². The lowest BCUT2D eigenvalue weighted by Crippen LogP contribution is -2.03. The average Bonchev–Trinajstić information content (AvgIpc) is 2.97. The molecule has 0 saturated carbocycles. The quantitative estimate of drug-likeness (QED) is 0.794. The fourth-order valence-corrected chi connectivity index (χ4v) is 3.49. The molecule has 0 amide bonds. The summed E-state index contributed by atoms with van der Waals surface area (Å²) in [5, 5.41) is 11.3. The second-order valence-corrected chi connectivity index (χ2v) is 5.90. The Bertz CT molecular complexity index is 763. The number of hydrogen-bond acceptors (Lipinski definition) is 3. The molecule has 19 heavy (non-hydrogen) atoms. The van der Waals surface area contributed by atoms with Gasteiger partial charge in [0.15, 0.2) is 0 Å². The zero-order valence-electron chi connectivity index (χ0n) is 9.71. The number of hydrogen-bond donors (Lipinski definition) is 1. The highest BCUT2D eigenvalue weighted by atomic mass is 79.9. The highest BCUT2D eigenvalue weighted by Gasteiger charge is 2.14. The van der Waals surface area contributed by atoms with Crippen molar-refractivity contribution in [1.82, 2.24) is 9.55 Å². The number of halogens is 1. The minimum absolute atomic E-state index is 0.280. The van der Waals surface area contributed by atoms with Gasteiger partial charge in [0, 0.05) is 9.35 Å². The van der Waals surface area contributed by atoms with Crippen molar-refractivity contribution in [2.75, 3.05) is 0 Å². The maximum Gasteiger partial charge on any atom is 0.337 e. The van der Waals surface area contributed by atoms with Gasteiger partial charge in [-0.3, -0.25) is 0 Å². The summed E-state index contributed by atoms with van der Waals surface area (Å²) in [4.78, 5) is 16.7. The molecule has 0 spiro atoms. The van der Waals surface area contributed by atoms with Crippen LogP contribution in [0.5, 0.6) is 0 Å². The van der Waals surface area contributed by atoms with E-state index in [-0.39, 0.29) is 5.56 Å². The monoisotopic (exact) mass is 336 g/mol. The van der Waals surface area contributed by atoms with Gasteiger partial charge < -0.3 is 9.67 Å². The fourth-order valence-electron chi connectivity index (χ4n) is 2.01. The Balaban J connectivity index is 2.14. The summed E-state index contributed by atoms with van der Waals surface area (Å²) in [5.74, 6) is -0.933. The Hall–Kier alpha value is -1.66. The molecule has 0 bridgehead atoms. The summed E-state index contributed by atoms with van der Waals surface area (Å²) >= 11 is 5.11. The van der Waals surface area contributed by atoms with Crippen LogP contribution < -0.4 is 0 Å². The van der Waals surface area contributed by atoms with E-state index in [4.69, 9.17) is 0 Å². The summed E-state index contributed by atoms with van der Waals surface area (Å²) in [6, 6.07) is 7.12. The second-order valence-electron chi connectivity index (χ2n) is 4.04. The van der Waals surface area contributed by atoms with Crippen LogP contribution in [0.1, 0.15) is 15.2 Å². The van der Waals surface area contributed by atoms with Gasteiger partial charge in [-0.2, -0.15) is 0 Å². The maximum absolute atomic E-state index is 11.3. The van der Waals surface area contributed by atoms with Gasteiger partial charge in [-0.1, -0.05) is 6.07 Å². The third-order valence-corrected chi connectivity index (χ3v) is 4.78. The molecule has 0 aliphatic rings. The first-order chi connectivity index (χ1) is 9.16. The molecule has 0 aliphatic heterocycles. The number of imidazole rings is 1. The van der Waals surface area contributed by atoms with Crippen molar-refractivity contribution in [3.05, 3.63) is 50.9 Å². The molecule has 1 N–H and O–H groups in total. The van der Waals surface area contributed by atoms with Gasteiger partial charge in [-0.15, -0.1) is 11.3 Å². The number of fused-ring (bicyclic) bond motifs is 1. The largest absolute Gasteiger partial charge is 0.478 e. The molecule has 1 aromatic carbocycles. The molecular formula is C13H9BrN2O2S. The SMILES string of the molecule is O=C(O)c1cccc2ncn(Cc3sccc3Br)c12. The summed E-state index contributed by atoms with van der Waals surface area (Å²) in [5.41, 5.74) is 1.64. The topological polar surface area (TPSA) is 55.1 Å². The number of benzene rings is 1. The van der Waals surface area contributed by atoms with Gasteiger partial charge in [0.1, 0.15) is 0 Å². The van der Waals surface area contributed by atoms with Crippen LogP contribution in [0.15, 0.2) is 40.4 Å². The molecule has 0 aliphatic carbocycles. The molecule has 6 heteroatoms. The molecular weight excluding hydrogens is 328 g/mol. The molecule has 96 valence electrons. The number of thiophene rings is 1. The summed E-state index contributed by atoms with van der Waals surface area (Å²) in [7, 11) is 0. The third kappa shape index (κ3) is 2.17. The van der Waals surface area contributed by atoms with E-state index >= 15 is 0 Å². The van der Waals surface area contributed by atoms with E-state index in [9.17, 15) is 9.90 Å². The van der Waals surface area contributed by atoms with Crippen LogP contribution in [0, 0.1) is 0 Å². The Morgan fingerprint density at radius 1 is 1.42 bits per heavy atom. The lowest BCUT2D eigenvalue weighted by molar-refractivity contribution is 0.0698. The average molecular weight is 337 g/mol. The first-order valence-electron chi connectivity index (χ1n) is 5.56. The van der Waals surface area contributed by atoms with Crippen molar-refractivity contribution in [1.29, 1.82) is 0 Å². The van der Waals surface area contributed by atoms with E-state index in [0.29, 0.717) is 17.6 Å². The highest BCUT2D eigenvalue weighted by Crippen LogP contribution is 2.26. The smallest absolute Gasteiger partial charge is 0.337 e. The van der Waals surface area contributed by atoms with Crippen molar-refractivity contribution in [2.24, 2.45) is 0 Å². The third-order valence-electron chi connectivity index (χ3n) is 2.87. The fraction of sp³-hybridized carbons (Fsp3) is 0.0769. The first kappa shape index (κ1) is 12.4. The summed E-state index contributed by atoms with van der Waals surface area (Å²) in [6.45, 7) is 0.610. The van der Waals surface area contributed by atoms with Crippen LogP contribution in [0.25, 0.3) is 11.0 Å². The van der Waals surface area contributed by atoms with Crippen molar-refractivity contribution in [2.45, 2.75) is 6.54 Å². The van der Waals surface area contributed by atoms with Gasteiger partial charge in [0.05, 0.1) is 29.5 Å². The molecule has 2 aromatic heterocycles. The van der Waals surface area contributed by atoms with E-state index in [1.165, 1.54) is 0 Å². The Morgan fingerprint density at radius 3 is 2.95 bits per heavy atom. The molecule has 0 saturated heterocycles. The molecule has 0 radical (unpaired) electrons. The number of aromatic carboxylic acids is 1. The van der Waals surface area contributed by atoms with Crippen molar-refractivity contribution in [3.8, 4) is 0 Å². The lowest BCUT2D eigenvalue weighted by atomic mass is 10.2. The van der Waals surface area contributed by atoms with Crippen molar-refractivity contribution in [3.63, 3.8) is 0 Å².